The molecule has 0 atom stereocenters. The van der Waals surface area contributed by atoms with E-state index < -0.39 is 28.3 Å². The minimum absolute atomic E-state index is 0.0955. The molecule has 1 aromatic heterocycles. The summed E-state index contributed by atoms with van der Waals surface area (Å²) in [6.45, 7) is 0. The molecule has 1 heterocycles. The number of nitrogens with zero attached hydrogens (tertiary/aromatic N) is 1. The SMILES string of the molecule is O=Cc1cnc(C(F)(F)F)cc1[NH+]([O-])[O-]. The Labute approximate surface area is 81.3 Å². The number of aromatic nitrogens is 1. The average molecular weight is 221 g/mol. The van der Waals surface area contributed by atoms with E-state index in [9.17, 15) is 28.4 Å². The number of pyridine rings is 1. The topological polar surface area (TPSA) is 80.5 Å². The van der Waals surface area contributed by atoms with Crippen LogP contribution in [0.4, 0.5) is 18.9 Å². The van der Waals surface area contributed by atoms with Gasteiger partial charge in [-0.3, -0.25) is 9.78 Å². The van der Waals surface area contributed by atoms with Crippen LogP contribution in [0.1, 0.15) is 16.1 Å². The van der Waals surface area contributed by atoms with Gasteiger partial charge in [-0.25, -0.2) is 0 Å². The molecule has 0 bridgehead atoms. The maximum absolute atomic E-state index is 12.1. The summed E-state index contributed by atoms with van der Waals surface area (Å²) in [4.78, 5) is 13.2. The van der Waals surface area contributed by atoms with Gasteiger partial charge in [0.1, 0.15) is 11.4 Å². The van der Waals surface area contributed by atoms with Gasteiger partial charge in [0.05, 0.1) is 5.56 Å². The van der Waals surface area contributed by atoms with E-state index in [2.05, 4.69) is 4.98 Å². The van der Waals surface area contributed by atoms with Crippen LogP contribution in [0.5, 0.6) is 0 Å². The fourth-order valence-electron chi connectivity index (χ4n) is 0.892. The molecule has 0 aliphatic heterocycles. The third kappa shape index (κ3) is 2.49. The number of quaternary nitrogens is 1. The van der Waals surface area contributed by atoms with Gasteiger partial charge in [-0.2, -0.15) is 13.2 Å². The number of hydrogen-bond acceptors (Lipinski definition) is 4. The molecule has 82 valence electrons. The van der Waals surface area contributed by atoms with Crippen molar-refractivity contribution in [3.63, 3.8) is 0 Å². The fourth-order valence-corrected chi connectivity index (χ4v) is 0.892. The molecule has 5 nitrogen and oxygen atoms in total. The first-order valence-electron chi connectivity index (χ1n) is 3.60. The van der Waals surface area contributed by atoms with Gasteiger partial charge in [0.15, 0.2) is 6.29 Å². The average Bonchev–Trinajstić information content (AvgIpc) is 2.15. The Bertz CT molecular complexity index is 378. The normalized spacial score (nSPS) is 11.9. The largest absolute Gasteiger partial charge is 0.628 e. The van der Waals surface area contributed by atoms with Gasteiger partial charge >= 0.3 is 6.18 Å². The molecule has 0 spiro atoms. The summed E-state index contributed by atoms with van der Waals surface area (Å²) in [5, 5.41) is 18.9. The van der Waals surface area contributed by atoms with Gasteiger partial charge in [0, 0.05) is 12.3 Å². The van der Waals surface area contributed by atoms with Gasteiger partial charge in [-0.15, -0.1) is 0 Å². The molecule has 8 heteroatoms. The molecule has 0 aliphatic rings. The first-order valence-corrected chi connectivity index (χ1v) is 3.60. The van der Waals surface area contributed by atoms with E-state index >= 15 is 0 Å². The van der Waals surface area contributed by atoms with Crippen molar-refractivity contribution in [1.82, 2.24) is 4.98 Å². The van der Waals surface area contributed by atoms with Crippen LogP contribution >= 0.6 is 0 Å². The van der Waals surface area contributed by atoms with Gasteiger partial charge in [-0.1, -0.05) is 0 Å². The van der Waals surface area contributed by atoms with Crippen molar-refractivity contribution in [2.45, 2.75) is 6.18 Å². The number of alkyl halides is 3. The van der Waals surface area contributed by atoms with E-state index in [4.69, 9.17) is 0 Å². The summed E-state index contributed by atoms with van der Waals surface area (Å²) in [6.07, 6.45) is -4.12. The van der Waals surface area contributed by atoms with Crippen molar-refractivity contribution in [3.8, 4) is 0 Å². The third-order valence-electron chi connectivity index (χ3n) is 1.57. The molecule has 1 aromatic rings. The van der Waals surface area contributed by atoms with E-state index in [0.717, 1.165) is 0 Å². The first-order chi connectivity index (χ1) is 6.86. The Hall–Kier alpha value is -1.51. The first kappa shape index (κ1) is 11.6. The van der Waals surface area contributed by atoms with Crippen LogP contribution in [0.2, 0.25) is 0 Å². The van der Waals surface area contributed by atoms with Gasteiger partial charge in [0.25, 0.3) is 0 Å². The van der Waals surface area contributed by atoms with Crippen molar-refractivity contribution < 1.29 is 23.2 Å². The Morgan fingerprint density at radius 2 is 2.00 bits per heavy atom. The number of carbonyl (C=O) groups excluding carboxylic acids is 1. The minimum Gasteiger partial charge on any atom is -0.628 e. The highest BCUT2D eigenvalue weighted by Gasteiger charge is 2.33. The summed E-state index contributed by atoms with van der Waals surface area (Å²) < 4.78 is 36.3. The lowest BCUT2D eigenvalue weighted by Crippen LogP contribution is -2.96. The number of aldehydes is 1. The molecule has 0 fully saturated rings. The molecule has 0 aromatic carbocycles. The zero-order valence-electron chi connectivity index (χ0n) is 7.04. The summed E-state index contributed by atoms with van der Waals surface area (Å²) in [7, 11) is 0. The standard InChI is InChI=1S/C7H4F3N2O3/c8-7(9,10)6-1-5(12(14)15)4(3-13)2-11-6/h1-3,12H/q-1. The summed E-state index contributed by atoms with van der Waals surface area (Å²) in [5.74, 6) is 0. The molecular formula is C7H4F3N2O3-. The third-order valence-corrected chi connectivity index (χ3v) is 1.57. The minimum atomic E-state index is -4.76. The molecular weight excluding hydrogens is 217 g/mol. The monoisotopic (exact) mass is 221 g/mol. The Kier molecular flexibility index (Phi) is 3.03. The number of nitrogens with one attached hydrogen (secondary N) is 1. The predicted molar refractivity (Wildman–Crippen MR) is 42.0 cm³/mol. The molecule has 15 heavy (non-hydrogen) atoms. The van der Waals surface area contributed by atoms with Crippen molar-refractivity contribution in [1.29, 1.82) is 0 Å². The van der Waals surface area contributed by atoms with E-state index in [1.165, 1.54) is 0 Å². The van der Waals surface area contributed by atoms with Crippen LogP contribution in [-0.2, 0) is 6.18 Å². The lowest BCUT2D eigenvalue weighted by Gasteiger charge is -2.26. The van der Waals surface area contributed by atoms with Crippen molar-refractivity contribution >= 4 is 12.0 Å². The fraction of sp³-hybridized carbons (Fsp3) is 0.143. The number of hydrogen-bond donors (Lipinski definition) is 1. The second-order valence-electron chi connectivity index (χ2n) is 2.56. The van der Waals surface area contributed by atoms with Gasteiger partial charge < -0.3 is 15.6 Å². The van der Waals surface area contributed by atoms with E-state index in [-0.39, 0.29) is 12.4 Å². The van der Waals surface area contributed by atoms with Crippen LogP contribution in [-0.4, -0.2) is 11.3 Å². The number of carbonyl (C=O) groups is 1. The lowest BCUT2D eigenvalue weighted by molar-refractivity contribution is -0.715. The molecule has 0 saturated carbocycles. The van der Waals surface area contributed by atoms with Crippen molar-refractivity contribution in [3.05, 3.63) is 33.9 Å². The summed E-state index contributed by atoms with van der Waals surface area (Å²) >= 11 is 0. The van der Waals surface area contributed by atoms with Crippen LogP contribution in [0, 0.1) is 10.4 Å². The smallest absolute Gasteiger partial charge is 0.433 e. The van der Waals surface area contributed by atoms with E-state index in [0.29, 0.717) is 6.20 Å². The zero-order chi connectivity index (χ0) is 11.6. The Morgan fingerprint density at radius 3 is 2.40 bits per heavy atom. The maximum atomic E-state index is 12.1. The van der Waals surface area contributed by atoms with Crippen molar-refractivity contribution in [2.24, 2.45) is 0 Å². The number of halogens is 3. The van der Waals surface area contributed by atoms with Crippen LogP contribution in [0.25, 0.3) is 0 Å². The highest BCUT2D eigenvalue weighted by Crippen LogP contribution is 2.28. The summed E-state index contributed by atoms with van der Waals surface area (Å²) in [6, 6.07) is 0.263. The highest BCUT2D eigenvalue weighted by molar-refractivity contribution is 5.80. The molecule has 1 N–H and O–H groups in total. The molecule has 0 radical (unpaired) electrons. The Morgan fingerprint density at radius 1 is 1.40 bits per heavy atom. The molecule has 0 amide bonds. The lowest BCUT2D eigenvalue weighted by atomic mass is 10.2. The van der Waals surface area contributed by atoms with Gasteiger partial charge in [-0.05, 0) is 0 Å². The molecule has 0 aliphatic carbocycles. The van der Waals surface area contributed by atoms with E-state index in [1.54, 1.807) is 0 Å². The van der Waals surface area contributed by atoms with Crippen LogP contribution < -0.4 is 5.23 Å². The number of rotatable bonds is 2. The van der Waals surface area contributed by atoms with Crippen LogP contribution in [0.3, 0.4) is 0 Å². The molecule has 0 unspecified atom stereocenters. The second kappa shape index (κ2) is 3.93. The van der Waals surface area contributed by atoms with Crippen LogP contribution in [0.15, 0.2) is 12.3 Å². The molecule has 1 rings (SSSR count). The molecule has 0 saturated heterocycles. The highest BCUT2D eigenvalue weighted by atomic mass is 19.4. The quantitative estimate of drug-likeness (QED) is 0.579. The maximum Gasteiger partial charge on any atom is 0.433 e. The van der Waals surface area contributed by atoms with E-state index in [1.807, 2.05) is 0 Å². The second-order valence-corrected chi connectivity index (χ2v) is 2.56. The zero-order valence-corrected chi connectivity index (χ0v) is 7.04. The summed E-state index contributed by atoms with van der Waals surface area (Å²) in [5.41, 5.74) is -2.66. The predicted octanol–water partition coefficient (Wildman–Crippen LogP) is 0.425. The van der Waals surface area contributed by atoms with Crippen molar-refractivity contribution in [2.75, 3.05) is 0 Å². The van der Waals surface area contributed by atoms with Gasteiger partial charge in [0.2, 0.25) is 0 Å². The Balaban J connectivity index is 3.28.